The average Bonchev–Trinajstić information content (AvgIpc) is 3.02. The molecule has 0 radical (unpaired) electrons. The molecule has 20 heavy (non-hydrogen) atoms. The van der Waals surface area contributed by atoms with Gasteiger partial charge in [0.1, 0.15) is 21.2 Å². The number of nitrogens with zero attached hydrogens (tertiary/aromatic N) is 3. The SMILES string of the molecule is COCc1nc(-c2cn3ccccc3n2)sc1C(=O)O. The van der Waals surface area contributed by atoms with Crippen LogP contribution in [0, 0.1) is 0 Å². The van der Waals surface area contributed by atoms with E-state index < -0.39 is 5.97 Å². The molecular formula is C13H11N3O3S. The highest BCUT2D eigenvalue weighted by Crippen LogP contribution is 2.28. The first kappa shape index (κ1) is 12.8. The molecular weight excluding hydrogens is 278 g/mol. The fourth-order valence-corrected chi connectivity index (χ4v) is 2.76. The highest BCUT2D eigenvalue weighted by atomic mass is 32.1. The summed E-state index contributed by atoms with van der Waals surface area (Å²) < 4.78 is 6.85. The van der Waals surface area contributed by atoms with Crippen LogP contribution in [0.3, 0.4) is 0 Å². The Morgan fingerprint density at radius 1 is 1.45 bits per heavy atom. The molecule has 0 aliphatic rings. The number of fused-ring (bicyclic) bond motifs is 1. The van der Waals surface area contributed by atoms with Crippen molar-refractivity contribution in [1.29, 1.82) is 0 Å². The number of aromatic carboxylic acids is 1. The highest BCUT2D eigenvalue weighted by Gasteiger charge is 2.19. The van der Waals surface area contributed by atoms with Crippen molar-refractivity contribution >= 4 is 23.0 Å². The average molecular weight is 289 g/mol. The van der Waals surface area contributed by atoms with Crippen molar-refractivity contribution in [3.8, 4) is 10.7 Å². The Hall–Kier alpha value is -2.25. The van der Waals surface area contributed by atoms with Crippen LogP contribution in [0.2, 0.25) is 0 Å². The number of imidazole rings is 1. The zero-order valence-corrected chi connectivity index (χ0v) is 11.4. The van der Waals surface area contributed by atoms with Gasteiger partial charge >= 0.3 is 5.97 Å². The van der Waals surface area contributed by atoms with E-state index in [1.807, 2.05) is 35.0 Å². The van der Waals surface area contributed by atoms with Gasteiger partial charge in [-0.2, -0.15) is 0 Å². The highest BCUT2D eigenvalue weighted by molar-refractivity contribution is 7.17. The lowest BCUT2D eigenvalue weighted by molar-refractivity contribution is 0.0697. The van der Waals surface area contributed by atoms with Crippen LogP contribution < -0.4 is 0 Å². The van der Waals surface area contributed by atoms with Gasteiger partial charge in [0.15, 0.2) is 0 Å². The molecule has 3 heterocycles. The van der Waals surface area contributed by atoms with Crippen molar-refractivity contribution in [3.05, 3.63) is 41.2 Å². The van der Waals surface area contributed by atoms with Gasteiger partial charge in [-0.3, -0.25) is 0 Å². The number of aromatic nitrogens is 3. The largest absolute Gasteiger partial charge is 0.477 e. The maximum absolute atomic E-state index is 11.2. The van der Waals surface area contributed by atoms with Crippen molar-refractivity contribution in [2.45, 2.75) is 6.61 Å². The van der Waals surface area contributed by atoms with Crippen LogP contribution in [0.25, 0.3) is 16.3 Å². The monoisotopic (exact) mass is 289 g/mol. The second-order valence-electron chi connectivity index (χ2n) is 4.13. The van der Waals surface area contributed by atoms with Gasteiger partial charge in [-0.25, -0.2) is 14.8 Å². The van der Waals surface area contributed by atoms with Gasteiger partial charge in [0, 0.05) is 19.5 Å². The minimum atomic E-state index is -0.996. The second-order valence-corrected chi connectivity index (χ2v) is 5.12. The van der Waals surface area contributed by atoms with Crippen LogP contribution in [0.1, 0.15) is 15.4 Å². The molecule has 0 aliphatic heterocycles. The Labute approximate surface area is 118 Å². The third-order valence-electron chi connectivity index (χ3n) is 2.76. The van der Waals surface area contributed by atoms with E-state index in [9.17, 15) is 9.90 Å². The zero-order valence-electron chi connectivity index (χ0n) is 10.6. The van der Waals surface area contributed by atoms with Gasteiger partial charge in [-0.1, -0.05) is 6.07 Å². The fraction of sp³-hybridized carbons (Fsp3) is 0.154. The smallest absolute Gasteiger partial charge is 0.347 e. The quantitative estimate of drug-likeness (QED) is 0.797. The number of thiazole rings is 1. The lowest BCUT2D eigenvalue weighted by Crippen LogP contribution is -1.99. The minimum Gasteiger partial charge on any atom is -0.477 e. The molecule has 7 heteroatoms. The molecule has 3 rings (SSSR count). The first-order chi connectivity index (χ1) is 9.69. The van der Waals surface area contributed by atoms with Gasteiger partial charge in [0.05, 0.1) is 12.3 Å². The molecule has 102 valence electrons. The molecule has 0 unspecified atom stereocenters. The first-order valence-electron chi connectivity index (χ1n) is 5.85. The summed E-state index contributed by atoms with van der Waals surface area (Å²) in [5.74, 6) is -0.996. The number of methoxy groups -OCH3 is 1. The Morgan fingerprint density at radius 2 is 2.30 bits per heavy atom. The van der Waals surface area contributed by atoms with E-state index in [1.165, 1.54) is 7.11 Å². The molecule has 6 nitrogen and oxygen atoms in total. The molecule has 0 bridgehead atoms. The van der Waals surface area contributed by atoms with Crippen molar-refractivity contribution in [3.63, 3.8) is 0 Å². The third kappa shape index (κ3) is 2.17. The van der Waals surface area contributed by atoms with Crippen LogP contribution >= 0.6 is 11.3 Å². The maximum atomic E-state index is 11.2. The molecule has 0 amide bonds. The van der Waals surface area contributed by atoms with Gasteiger partial charge < -0.3 is 14.2 Å². The molecule has 3 aromatic rings. The van der Waals surface area contributed by atoms with Crippen molar-refractivity contribution in [2.75, 3.05) is 7.11 Å². The summed E-state index contributed by atoms with van der Waals surface area (Å²) in [5.41, 5.74) is 1.88. The Bertz CT molecular complexity index is 745. The fourth-order valence-electron chi connectivity index (χ4n) is 1.90. The standard InChI is InChI=1S/C13H11N3O3S/c1-19-7-9-11(13(17)18)20-12(15-9)8-6-16-5-3-2-4-10(16)14-8/h2-6H,7H2,1H3,(H,17,18). The molecule has 0 aliphatic carbocycles. The lowest BCUT2D eigenvalue weighted by atomic mass is 10.4. The number of carboxylic acids is 1. The number of pyridine rings is 1. The summed E-state index contributed by atoms with van der Waals surface area (Å²) in [7, 11) is 1.51. The number of carbonyl (C=O) groups is 1. The predicted molar refractivity (Wildman–Crippen MR) is 74.0 cm³/mol. The van der Waals surface area contributed by atoms with E-state index in [1.54, 1.807) is 0 Å². The molecule has 0 spiro atoms. The van der Waals surface area contributed by atoms with E-state index >= 15 is 0 Å². The molecule has 0 saturated carbocycles. The summed E-state index contributed by atoms with van der Waals surface area (Å²) in [4.78, 5) is 20.2. The van der Waals surface area contributed by atoms with Gasteiger partial charge in [0.25, 0.3) is 0 Å². The van der Waals surface area contributed by atoms with Crippen LogP contribution in [-0.4, -0.2) is 32.6 Å². The molecule has 0 aromatic carbocycles. The molecule has 0 saturated heterocycles. The Balaban J connectivity index is 2.09. The summed E-state index contributed by atoms with van der Waals surface area (Å²) in [6, 6.07) is 5.68. The molecule has 1 N–H and O–H groups in total. The zero-order chi connectivity index (χ0) is 14.1. The normalized spacial score (nSPS) is 11.1. The maximum Gasteiger partial charge on any atom is 0.347 e. The van der Waals surface area contributed by atoms with Gasteiger partial charge in [-0.15, -0.1) is 11.3 Å². The summed E-state index contributed by atoms with van der Waals surface area (Å²) in [5, 5.41) is 9.76. The van der Waals surface area contributed by atoms with E-state index in [4.69, 9.17) is 4.74 Å². The Kier molecular flexibility index (Phi) is 3.21. The van der Waals surface area contributed by atoms with E-state index in [-0.39, 0.29) is 11.5 Å². The van der Waals surface area contributed by atoms with Crippen LogP contribution in [0.5, 0.6) is 0 Å². The number of hydrogen-bond acceptors (Lipinski definition) is 5. The Morgan fingerprint density at radius 3 is 3.00 bits per heavy atom. The van der Waals surface area contributed by atoms with Gasteiger partial charge in [0.2, 0.25) is 0 Å². The van der Waals surface area contributed by atoms with Crippen LogP contribution in [0.15, 0.2) is 30.6 Å². The summed E-state index contributed by atoms with van der Waals surface area (Å²) >= 11 is 1.11. The summed E-state index contributed by atoms with van der Waals surface area (Å²) in [6.45, 7) is 0.172. The van der Waals surface area contributed by atoms with Crippen LogP contribution in [-0.2, 0) is 11.3 Å². The van der Waals surface area contributed by atoms with Crippen molar-refractivity contribution < 1.29 is 14.6 Å². The number of rotatable bonds is 4. The number of carboxylic acid groups (broad SMARTS) is 1. The van der Waals surface area contributed by atoms with Gasteiger partial charge in [-0.05, 0) is 12.1 Å². The number of hydrogen-bond donors (Lipinski definition) is 1. The third-order valence-corrected chi connectivity index (χ3v) is 3.86. The van der Waals surface area contributed by atoms with E-state index in [2.05, 4.69) is 9.97 Å². The molecule has 0 fully saturated rings. The first-order valence-corrected chi connectivity index (χ1v) is 6.66. The van der Waals surface area contributed by atoms with Crippen LogP contribution in [0.4, 0.5) is 0 Å². The van der Waals surface area contributed by atoms with E-state index in [0.29, 0.717) is 16.4 Å². The predicted octanol–water partition coefficient (Wildman–Crippen LogP) is 2.30. The molecule has 3 aromatic heterocycles. The van der Waals surface area contributed by atoms with Crippen molar-refractivity contribution in [1.82, 2.24) is 14.4 Å². The number of ether oxygens (including phenoxy) is 1. The summed E-state index contributed by atoms with van der Waals surface area (Å²) in [6.07, 6.45) is 3.71. The lowest BCUT2D eigenvalue weighted by Gasteiger charge is -1.94. The van der Waals surface area contributed by atoms with Crippen molar-refractivity contribution in [2.24, 2.45) is 0 Å². The second kappa shape index (κ2) is 5.03. The molecule has 0 atom stereocenters. The minimum absolute atomic E-state index is 0.172. The van der Waals surface area contributed by atoms with E-state index in [0.717, 1.165) is 17.0 Å². The topological polar surface area (TPSA) is 76.7 Å².